The number of pyridine rings is 1. The van der Waals surface area contributed by atoms with Crippen LogP contribution in [0, 0.1) is 0 Å². The highest BCUT2D eigenvalue weighted by Crippen LogP contribution is 2.12. The van der Waals surface area contributed by atoms with Gasteiger partial charge in [0, 0.05) is 18.6 Å². The van der Waals surface area contributed by atoms with E-state index in [1.54, 1.807) is 25.3 Å². The zero-order valence-electron chi connectivity index (χ0n) is 13.5. The smallest absolute Gasteiger partial charge is 0.272 e. The van der Waals surface area contributed by atoms with Crippen molar-refractivity contribution in [2.45, 2.75) is 31.4 Å². The summed E-state index contributed by atoms with van der Waals surface area (Å²) in [4.78, 5) is 15.7. The van der Waals surface area contributed by atoms with Gasteiger partial charge in [-0.1, -0.05) is 0 Å². The molecule has 7 N–H and O–H groups in total. The lowest BCUT2D eigenvalue weighted by Crippen LogP contribution is -2.46. The first-order valence-corrected chi connectivity index (χ1v) is 7.56. The third-order valence-electron chi connectivity index (χ3n) is 3.62. The summed E-state index contributed by atoms with van der Waals surface area (Å²) >= 11 is 0. The number of aromatic nitrogens is 1. The van der Waals surface area contributed by atoms with E-state index >= 15 is 0 Å². The number of aliphatic hydroxyl groups excluding tert-OH is 4. The minimum atomic E-state index is -1.55. The van der Waals surface area contributed by atoms with Gasteiger partial charge in [0.25, 0.3) is 5.91 Å². The van der Waals surface area contributed by atoms with E-state index in [0.29, 0.717) is 11.3 Å². The van der Waals surface area contributed by atoms with E-state index in [1.165, 1.54) is 12.4 Å². The van der Waals surface area contributed by atoms with E-state index in [2.05, 4.69) is 26.1 Å². The Labute approximate surface area is 143 Å². The molecule has 0 spiro atoms. The lowest BCUT2D eigenvalue weighted by molar-refractivity contribution is -0.0657. The zero-order valence-corrected chi connectivity index (χ0v) is 13.5. The summed E-state index contributed by atoms with van der Waals surface area (Å²) in [5, 5.41) is 47.6. The quantitative estimate of drug-likeness (QED) is 0.212. The fraction of sp³-hybridized carbons (Fsp3) is 0.400. The SMILES string of the molecule is C/C(=N\NC(=O)c1cccnc1)C1NC=C([C@@H](O)[C@H](O)[C@H](O)CO)N1. The van der Waals surface area contributed by atoms with Gasteiger partial charge in [-0.05, 0) is 19.1 Å². The van der Waals surface area contributed by atoms with Crippen LogP contribution in [0.1, 0.15) is 17.3 Å². The van der Waals surface area contributed by atoms with Gasteiger partial charge in [-0.25, -0.2) is 5.43 Å². The van der Waals surface area contributed by atoms with Gasteiger partial charge in [0.15, 0.2) is 0 Å². The first kappa shape index (κ1) is 18.8. The Morgan fingerprint density at radius 3 is 2.84 bits per heavy atom. The van der Waals surface area contributed by atoms with Crippen molar-refractivity contribution in [3.8, 4) is 0 Å². The summed E-state index contributed by atoms with van der Waals surface area (Å²) < 4.78 is 0. The summed E-state index contributed by atoms with van der Waals surface area (Å²) in [5.41, 5.74) is 3.44. The molecule has 4 atom stereocenters. The Balaban J connectivity index is 1.90. The van der Waals surface area contributed by atoms with Gasteiger partial charge in [0.1, 0.15) is 24.5 Å². The Hall–Kier alpha value is -2.53. The van der Waals surface area contributed by atoms with E-state index < -0.39 is 37.0 Å². The van der Waals surface area contributed by atoms with Crippen LogP contribution in [0.25, 0.3) is 0 Å². The molecular formula is C15H21N5O5. The molecule has 0 radical (unpaired) electrons. The number of carbonyl (C=O) groups is 1. The molecule has 2 heterocycles. The molecular weight excluding hydrogens is 330 g/mol. The Bertz CT molecular complexity index is 651. The van der Waals surface area contributed by atoms with Gasteiger partial charge < -0.3 is 31.1 Å². The number of hydrogen-bond donors (Lipinski definition) is 7. The number of nitrogens with zero attached hydrogens (tertiary/aromatic N) is 2. The molecule has 0 saturated carbocycles. The monoisotopic (exact) mass is 351 g/mol. The first-order chi connectivity index (χ1) is 11.9. The van der Waals surface area contributed by atoms with Crippen LogP contribution in [0.3, 0.4) is 0 Å². The molecule has 136 valence electrons. The highest BCUT2D eigenvalue weighted by molar-refractivity contribution is 5.95. The van der Waals surface area contributed by atoms with Crippen LogP contribution in [0.4, 0.5) is 0 Å². The van der Waals surface area contributed by atoms with E-state index in [-0.39, 0.29) is 5.70 Å². The molecule has 0 saturated heterocycles. The van der Waals surface area contributed by atoms with Gasteiger partial charge >= 0.3 is 0 Å². The molecule has 1 unspecified atom stereocenters. The van der Waals surface area contributed by atoms with Crippen LogP contribution < -0.4 is 16.1 Å². The number of aliphatic hydroxyl groups is 4. The van der Waals surface area contributed by atoms with Gasteiger partial charge in [0.05, 0.1) is 23.6 Å². The van der Waals surface area contributed by atoms with Crippen LogP contribution in [0.2, 0.25) is 0 Å². The number of nitrogens with one attached hydrogen (secondary N) is 3. The largest absolute Gasteiger partial charge is 0.394 e. The van der Waals surface area contributed by atoms with Crippen LogP contribution in [-0.2, 0) is 0 Å². The molecule has 10 heteroatoms. The zero-order chi connectivity index (χ0) is 18.4. The molecule has 1 amide bonds. The van der Waals surface area contributed by atoms with Crippen molar-refractivity contribution >= 4 is 11.6 Å². The summed E-state index contributed by atoms with van der Waals surface area (Å²) in [7, 11) is 0. The number of hydrogen-bond acceptors (Lipinski definition) is 9. The number of amides is 1. The van der Waals surface area contributed by atoms with Crippen molar-refractivity contribution < 1.29 is 25.2 Å². The number of rotatable bonds is 7. The fourth-order valence-corrected chi connectivity index (χ4v) is 2.09. The van der Waals surface area contributed by atoms with Gasteiger partial charge in [-0.3, -0.25) is 9.78 Å². The third-order valence-corrected chi connectivity index (χ3v) is 3.62. The van der Waals surface area contributed by atoms with Crippen molar-refractivity contribution in [3.63, 3.8) is 0 Å². The number of hydrazone groups is 1. The Morgan fingerprint density at radius 2 is 2.20 bits per heavy atom. The molecule has 0 fully saturated rings. The van der Waals surface area contributed by atoms with Gasteiger partial charge in [-0.15, -0.1) is 0 Å². The van der Waals surface area contributed by atoms with Crippen LogP contribution in [0.5, 0.6) is 0 Å². The molecule has 1 aliphatic rings. The highest BCUT2D eigenvalue weighted by Gasteiger charge is 2.31. The maximum absolute atomic E-state index is 11.9. The van der Waals surface area contributed by atoms with E-state index in [1.807, 2.05) is 0 Å². The number of carbonyl (C=O) groups excluding carboxylic acids is 1. The van der Waals surface area contributed by atoms with Crippen LogP contribution in [0.15, 0.2) is 41.5 Å². The van der Waals surface area contributed by atoms with Gasteiger partial charge in [0.2, 0.25) is 0 Å². The summed E-state index contributed by atoms with van der Waals surface area (Å²) in [6.45, 7) is 0.972. The summed E-state index contributed by atoms with van der Waals surface area (Å²) in [6.07, 6.45) is -0.564. The second-order valence-electron chi connectivity index (χ2n) is 5.46. The van der Waals surface area contributed by atoms with Crippen molar-refractivity contribution in [1.82, 2.24) is 21.0 Å². The molecule has 10 nitrogen and oxygen atoms in total. The van der Waals surface area contributed by atoms with Crippen molar-refractivity contribution in [1.29, 1.82) is 0 Å². The molecule has 1 aromatic heterocycles. The predicted molar refractivity (Wildman–Crippen MR) is 88.1 cm³/mol. The molecule has 1 aromatic rings. The fourth-order valence-electron chi connectivity index (χ4n) is 2.09. The average Bonchev–Trinajstić information content (AvgIpc) is 3.14. The molecule has 1 aliphatic heterocycles. The standard InChI is InChI=1S/C15H21N5O5/c1-8(19-20-15(25)9-3-2-4-16-5-9)14-17-6-10(18-14)12(23)13(24)11(22)7-21/h2-6,11-14,17-18,21-24H,7H2,1H3,(H,20,25)/b19-8+/t11-,12-,13-,14?/m1/s1. The van der Waals surface area contributed by atoms with E-state index in [4.69, 9.17) is 5.11 Å². The maximum Gasteiger partial charge on any atom is 0.272 e. The molecule has 0 aromatic carbocycles. The second kappa shape index (κ2) is 8.53. The molecule has 25 heavy (non-hydrogen) atoms. The topological polar surface area (TPSA) is 159 Å². The highest BCUT2D eigenvalue weighted by atomic mass is 16.4. The van der Waals surface area contributed by atoms with Crippen molar-refractivity contribution in [2.24, 2.45) is 5.10 Å². The van der Waals surface area contributed by atoms with E-state index in [0.717, 1.165) is 0 Å². The summed E-state index contributed by atoms with van der Waals surface area (Å²) in [6, 6.07) is 3.23. The first-order valence-electron chi connectivity index (χ1n) is 7.56. The average molecular weight is 351 g/mol. The second-order valence-corrected chi connectivity index (χ2v) is 5.46. The normalized spacial score (nSPS) is 20.8. The Kier molecular flexibility index (Phi) is 6.42. The van der Waals surface area contributed by atoms with Crippen LogP contribution in [-0.4, -0.2) is 68.1 Å². The molecule has 2 rings (SSSR count). The van der Waals surface area contributed by atoms with Crippen molar-refractivity contribution in [3.05, 3.63) is 42.0 Å². The summed E-state index contributed by atoms with van der Waals surface area (Å²) in [5.74, 6) is -0.417. The maximum atomic E-state index is 11.9. The van der Waals surface area contributed by atoms with Crippen LogP contribution >= 0.6 is 0 Å². The lowest BCUT2D eigenvalue weighted by atomic mass is 10.1. The minimum absolute atomic E-state index is 0.220. The Morgan fingerprint density at radius 1 is 1.44 bits per heavy atom. The van der Waals surface area contributed by atoms with Gasteiger partial charge in [-0.2, -0.15) is 5.10 Å². The minimum Gasteiger partial charge on any atom is -0.394 e. The van der Waals surface area contributed by atoms with E-state index in [9.17, 15) is 20.1 Å². The lowest BCUT2D eigenvalue weighted by Gasteiger charge is -2.23. The predicted octanol–water partition coefficient (Wildman–Crippen LogP) is -2.38. The molecule has 0 aliphatic carbocycles. The van der Waals surface area contributed by atoms with Crippen molar-refractivity contribution in [2.75, 3.05) is 6.61 Å². The molecule has 0 bridgehead atoms. The third kappa shape index (κ3) is 4.73.